The third-order valence-electron chi connectivity index (χ3n) is 3.56. The van der Waals surface area contributed by atoms with Crippen molar-refractivity contribution in [3.8, 4) is 0 Å². The molecule has 0 amide bonds. The van der Waals surface area contributed by atoms with Crippen molar-refractivity contribution in [3.05, 3.63) is 12.4 Å². The molecule has 0 spiro atoms. The second-order valence-electron chi connectivity index (χ2n) is 5.08. The monoisotopic (exact) mass is 286 g/mol. The van der Waals surface area contributed by atoms with Gasteiger partial charge in [-0.25, -0.2) is 13.1 Å². The summed E-state index contributed by atoms with van der Waals surface area (Å²) in [6, 6.07) is 0. The number of aromatic nitrogens is 2. The lowest BCUT2D eigenvalue weighted by molar-refractivity contribution is 0.357. The quantitative estimate of drug-likeness (QED) is 0.805. The number of hydrogen-bond acceptors (Lipinski definition) is 4. The highest BCUT2D eigenvalue weighted by Gasteiger charge is 2.20. The van der Waals surface area contributed by atoms with E-state index >= 15 is 0 Å². The van der Waals surface area contributed by atoms with E-state index in [1.807, 2.05) is 0 Å². The molecule has 0 atom stereocenters. The summed E-state index contributed by atoms with van der Waals surface area (Å²) in [6.07, 6.45) is 8.83. The Bertz CT molecular complexity index is 492. The van der Waals surface area contributed by atoms with Crippen LogP contribution in [0.2, 0.25) is 0 Å². The predicted molar refractivity (Wildman–Crippen MR) is 73.0 cm³/mol. The maximum atomic E-state index is 12.1. The normalized spacial score (nSPS) is 17.7. The number of sulfonamides is 1. The maximum absolute atomic E-state index is 12.1. The van der Waals surface area contributed by atoms with Gasteiger partial charge in [0.2, 0.25) is 10.0 Å². The zero-order valence-electron chi connectivity index (χ0n) is 11.1. The fraction of sp³-hybridized carbons (Fsp3) is 0.750. The Hall–Kier alpha value is -0.920. The van der Waals surface area contributed by atoms with Crippen LogP contribution in [0.1, 0.15) is 32.1 Å². The molecule has 0 saturated heterocycles. The van der Waals surface area contributed by atoms with Crippen LogP contribution in [0.5, 0.6) is 0 Å². The van der Waals surface area contributed by atoms with E-state index in [1.165, 1.54) is 31.7 Å². The van der Waals surface area contributed by atoms with Gasteiger partial charge in [-0.3, -0.25) is 4.68 Å². The van der Waals surface area contributed by atoms with Crippen LogP contribution < -0.4 is 10.5 Å². The first kappa shape index (κ1) is 14.5. The molecule has 3 N–H and O–H groups in total. The molecule has 19 heavy (non-hydrogen) atoms. The summed E-state index contributed by atoms with van der Waals surface area (Å²) in [5.74, 6) is 0.475. The lowest BCUT2D eigenvalue weighted by atomic mass is 9.90. The van der Waals surface area contributed by atoms with Gasteiger partial charge in [-0.2, -0.15) is 5.10 Å². The molecule has 0 bridgehead atoms. The first-order valence-electron chi connectivity index (χ1n) is 6.84. The van der Waals surface area contributed by atoms with Gasteiger partial charge in [0, 0.05) is 19.3 Å². The van der Waals surface area contributed by atoms with E-state index < -0.39 is 10.0 Å². The molecule has 6 nitrogen and oxygen atoms in total. The molecule has 108 valence electrons. The van der Waals surface area contributed by atoms with Gasteiger partial charge in [-0.15, -0.1) is 0 Å². The number of hydrogen-bond donors (Lipinski definition) is 2. The van der Waals surface area contributed by atoms with Crippen molar-refractivity contribution in [1.29, 1.82) is 0 Å². The molecule has 2 rings (SSSR count). The lowest BCUT2D eigenvalue weighted by Gasteiger charge is -2.21. The van der Waals surface area contributed by atoms with Crippen molar-refractivity contribution in [1.82, 2.24) is 14.5 Å². The average Bonchev–Trinajstić information content (AvgIpc) is 2.88. The number of nitrogens with two attached hydrogens (primary N) is 1. The molecule has 1 fully saturated rings. The van der Waals surface area contributed by atoms with E-state index in [-0.39, 0.29) is 4.90 Å². The van der Waals surface area contributed by atoms with Gasteiger partial charge in [-0.1, -0.05) is 19.3 Å². The first-order valence-corrected chi connectivity index (χ1v) is 8.32. The minimum absolute atomic E-state index is 0.219. The first-order chi connectivity index (χ1) is 9.12. The highest BCUT2D eigenvalue weighted by Crippen LogP contribution is 2.23. The second kappa shape index (κ2) is 6.49. The number of nitrogens with one attached hydrogen (secondary N) is 1. The summed E-state index contributed by atoms with van der Waals surface area (Å²) in [5.41, 5.74) is 5.41. The highest BCUT2D eigenvalue weighted by atomic mass is 32.2. The molecular weight excluding hydrogens is 264 g/mol. The highest BCUT2D eigenvalue weighted by molar-refractivity contribution is 7.89. The van der Waals surface area contributed by atoms with Gasteiger partial charge in [0.15, 0.2) is 0 Å². The Balaban J connectivity index is 1.92. The van der Waals surface area contributed by atoms with Crippen LogP contribution in [0, 0.1) is 5.92 Å². The van der Waals surface area contributed by atoms with Crippen LogP contribution in [-0.4, -0.2) is 31.3 Å². The zero-order chi connectivity index (χ0) is 13.7. The third kappa shape index (κ3) is 4.02. The molecule has 0 radical (unpaired) electrons. The van der Waals surface area contributed by atoms with Crippen LogP contribution in [0.3, 0.4) is 0 Å². The largest absolute Gasteiger partial charge is 0.329 e. The summed E-state index contributed by atoms with van der Waals surface area (Å²) in [7, 11) is -3.43. The third-order valence-corrected chi connectivity index (χ3v) is 4.94. The van der Waals surface area contributed by atoms with Crippen LogP contribution in [0.25, 0.3) is 0 Å². The Morgan fingerprint density at radius 1 is 1.37 bits per heavy atom. The summed E-state index contributed by atoms with van der Waals surface area (Å²) in [4.78, 5) is 0.219. The molecule has 1 aliphatic rings. The molecular formula is C12H22N4O2S. The van der Waals surface area contributed by atoms with E-state index in [1.54, 1.807) is 4.68 Å². The van der Waals surface area contributed by atoms with Crippen molar-refractivity contribution in [3.63, 3.8) is 0 Å². The van der Waals surface area contributed by atoms with Gasteiger partial charge in [-0.05, 0) is 18.8 Å². The van der Waals surface area contributed by atoms with Gasteiger partial charge in [0.05, 0.1) is 12.7 Å². The minimum Gasteiger partial charge on any atom is -0.329 e. The van der Waals surface area contributed by atoms with Crippen LogP contribution in [-0.2, 0) is 16.6 Å². The zero-order valence-corrected chi connectivity index (χ0v) is 11.9. The van der Waals surface area contributed by atoms with E-state index in [4.69, 9.17) is 5.73 Å². The Morgan fingerprint density at radius 3 is 2.79 bits per heavy atom. The maximum Gasteiger partial charge on any atom is 0.243 e. The Morgan fingerprint density at radius 2 is 2.11 bits per heavy atom. The van der Waals surface area contributed by atoms with Crippen LogP contribution >= 0.6 is 0 Å². The molecule has 1 aromatic rings. The Labute approximate surface area is 114 Å². The molecule has 1 aromatic heterocycles. The molecule has 1 aliphatic carbocycles. The molecule has 1 heterocycles. The van der Waals surface area contributed by atoms with E-state index in [0.717, 1.165) is 12.8 Å². The minimum atomic E-state index is -3.43. The molecule has 0 aromatic carbocycles. The van der Waals surface area contributed by atoms with Crippen LogP contribution in [0.15, 0.2) is 17.3 Å². The van der Waals surface area contributed by atoms with E-state index in [0.29, 0.717) is 25.6 Å². The van der Waals surface area contributed by atoms with Gasteiger partial charge >= 0.3 is 0 Å². The van der Waals surface area contributed by atoms with Crippen molar-refractivity contribution in [2.45, 2.75) is 43.5 Å². The summed E-state index contributed by atoms with van der Waals surface area (Å²) in [5, 5.41) is 3.98. The average molecular weight is 286 g/mol. The van der Waals surface area contributed by atoms with Crippen LogP contribution in [0.4, 0.5) is 0 Å². The smallest absolute Gasteiger partial charge is 0.243 e. The summed E-state index contributed by atoms with van der Waals surface area (Å²) in [6.45, 7) is 1.50. The molecule has 7 heteroatoms. The van der Waals surface area contributed by atoms with Gasteiger partial charge < -0.3 is 5.73 Å². The van der Waals surface area contributed by atoms with Gasteiger partial charge in [0.25, 0.3) is 0 Å². The van der Waals surface area contributed by atoms with E-state index in [9.17, 15) is 8.42 Å². The van der Waals surface area contributed by atoms with Crippen molar-refractivity contribution in [2.75, 3.05) is 13.1 Å². The summed E-state index contributed by atoms with van der Waals surface area (Å²) >= 11 is 0. The number of rotatable bonds is 6. The SMILES string of the molecule is NCCn1cc(S(=O)(=O)NCC2CCCCC2)cn1. The number of nitrogens with zero attached hydrogens (tertiary/aromatic N) is 2. The second-order valence-corrected chi connectivity index (χ2v) is 6.85. The standard InChI is InChI=1S/C12H22N4O2S/c13-6-7-16-10-12(9-14-16)19(17,18)15-8-11-4-2-1-3-5-11/h9-11,15H,1-8,13H2. The fourth-order valence-electron chi connectivity index (χ4n) is 2.44. The molecule has 0 unspecified atom stereocenters. The van der Waals surface area contributed by atoms with Crippen molar-refractivity contribution in [2.24, 2.45) is 11.7 Å². The Kier molecular flexibility index (Phi) is 4.95. The summed E-state index contributed by atoms with van der Waals surface area (Å²) < 4.78 is 28.4. The lowest BCUT2D eigenvalue weighted by Crippen LogP contribution is -2.30. The molecule has 0 aliphatic heterocycles. The predicted octanol–water partition coefficient (Wildman–Crippen LogP) is 0.700. The topological polar surface area (TPSA) is 90.0 Å². The molecule has 1 saturated carbocycles. The van der Waals surface area contributed by atoms with Crippen molar-refractivity contribution >= 4 is 10.0 Å². The van der Waals surface area contributed by atoms with Gasteiger partial charge in [0.1, 0.15) is 4.90 Å². The van der Waals surface area contributed by atoms with E-state index in [2.05, 4.69) is 9.82 Å². The fourth-order valence-corrected chi connectivity index (χ4v) is 3.51. The van der Waals surface area contributed by atoms with Crippen molar-refractivity contribution < 1.29 is 8.42 Å².